The van der Waals surface area contributed by atoms with E-state index >= 15 is 0 Å². The minimum atomic E-state index is -0.0802. The fraction of sp³-hybridized carbons (Fsp3) is 0.571. The number of hydrogen-bond donors (Lipinski definition) is 1. The SMILES string of the molecule is COCc1ccc(F)c(CC2CCNCC2)c1. The third kappa shape index (κ3) is 3.51. The summed E-state index contributed by atoms with van der Waals surface area (Å²) >= 11 is 0. The summed E-state index contributed by atoms with van der Waals surface area (Å²) < 4.78 is 18.8. The summed E-state index contributed by atoms with van der Waals surface area (Å²) in [6.07, 6.45) is 3.15. The van der Waals surface area contributed by atoms with Crippen LogP contribution < -0.4 is 5.32 Å². The fourth-order valence-electron chi connectivity index (χ4n) is 2.44. The van der Waals surface area contributed by atoms with Crippen LogP contribution in [0.15, 0.2) is 18.2 Å². The predicted octanol–water partition coefficient (Wildman–Crippen LogP) is 2.51. The topological polar surface area (TPSA) is 21.3 Å². The molecular formula is C14H20FNO. The summed E-state index contributed by atoms with van der Waals surface area (Å²) in [6, 6.07) is 5.30. The van der Waals surface area contributed by atoms with Gasteiger partial charge in [0.15, 0.2) is 0 Å². The highest BCUT2D eigenvalue weighted by Crippen LogP contribution is 2.21. The molecule has 2 nitrogen and oxygen atoms in total. The number of rotatable bonds is 4. The molecule has 0 radical (unpaired) electrons. The minimum Gasteiger partial charge on any atom is -0.380 e. The van der Waals surface area contributed by atoms with Gasteiger partial charge >= 0.3 is 0 Å². The summed E-state index contributed by atoms with van der Waals surface area (Å²) in [5, 5.41) is 3.33. The highest BCUT2D eigenvalue weighted by atomic mass is 19.1. The molecule has 1 aromatic carbocycles. The minimum absolute atomic E-state index is 0.0802. The fourth-order valence-corrected chi connectivity index (χ4v) is 2.44. The summed E-state index contributed by atoms with van der Waals surface area (Å²) in [5.74, 6) is 0.534. The maximum absolute atomic E-state index is 13.7. The van der Waals surface area contributed by atoms with Crippen LogP contribution in [0.2, 0.25) is 0 Å². The molecule has 1 fully saturated rings. The monoisotopic (exact) mass is 237 g/mol. The maximum atomic E-state index is 13.7. The Labute approximate surface area is 102 Å². The van der Waals surface area contributed by atoms with E-state index in [1.165, 1.54) is 0 Å². The zero-order valence-electron chi connectivity index (χ0n) is 10.3. The van der Waals surface area contributed by atoms with Crippen molar-refractivity contribution >= 4 is 0 Å². The molecule has 0 amide bonds. The Morgan fingerprint density at radius 2 is 2.12 bits per heavy atom. The van der Waals surface area contributed by atoms with Crippen LogP contribution in [0.25, 0.3) is 0 Å². The molecule has 1 N–H and O–H groups in total. The highest BCUT2D eigenvalue weighted by molar-refractivity contribution is 5.25. The quantitative estimate of drug-likeness (QED) is 0.868. The molecule has 0 atom stereocenters. The van der Waals surface area contributed by atoms with Gasteiger partial charge in [-0.15, -0.1) is 0 Å². The van der Waals surface area contributed by atoms with Gasteiger partial charge in [0.25, 0.3) is 0 Å². The van der Waals surface area contributed by atoms with Crippen molar-refractivity contribution in [3.8, 4) is 0 Å². The molecule has 17 heavy (non-hydrogen) atoms. The van der Waals surface area contributed by atoms with Gasteiger partial charge in [-0.3, -0.25) is 0 Å². The smallest absolute Gasteiger partial charge is 0.126 e. The highest BCUT2D eigenvalue weighted by Gasteiger charge is 2.15. The molecule has 1 aliphatic heterocycles. The van der Waals surface area contributed by atoms with E-state index in [-0.39, 0.29) is 5.82 Å². The lowest BCUT2D eigenvalue weighted by atomic mass is 9.90. The number of nitrogens with one attached hydrogen (secondary N) is 1. The van der Waals surface area contributed by atoms with E-state index in [0.29, 0.717) is 12.5 Å². The van der Waals surface area contributed by atoms with Crippen LogP contribution in [-0.4, -0.2) is 20.2 Å². The van der Waals surface area contributed by atoms with Crippen molar-refractivity contribution in [3.05, 3.63) is 35.1 Å². The average molecular weight is 237 g/mol. The molecule has 1 aromatic rings. The zero-order valence-corrected chi connectivity index (χ0v) is 10.3. The van der Waals surface area contributed by atoms with Crippen LogP contribution in [-0.2, 0) is 17.8 Å². The van der Waals surface area contributed by atoms with E-state index in [4.69, 9.17) is 4.74 Å². The van der Waals surface area contributed by atoms with Crippen molar-refractivity contribution in [2.24, 2.45) is 5.92 Å². The molecule has 1 aliphatic rings. The molecule has 0 saturated carbocycles. The molecule has 0 aromatic heterocycles. The molecular weight excluding hydrogens is 217 g/mol. The molecule has 2 rings (SSSR count). The third-order valence-corrected chi connectivity index (χ3v) is 3.39. The summed E-state index contributed by atoms with van der Waals surface area (Å²) in [6.45, 7) is 2.67. The van der Waals surface area contributed by atoms with Gasteiger partial charge in [-0.25, -0.2) is 4.39 Å². The van der Waals surface area contributed by atoms with Crippen LogP contribution in [0.3, 0.4) is 0 Å². The first-order chi connectivity index (χ1) is 8.29. The second kappa shape index (κ2) is 6.12. The standard InChI is InChI=1S/C14H20FNO/c1-17-10-12-2-3-14(15)13(9-12)8-11-4-6-16-7-5-11/h2-3,9,11,16H,4-8,10H2,1H3. The van der Waals surface area contributed by atoms with E-state index in [2.05, 4.69) is 5.32 Å². The third-order valence-electron chi connectivity index (χ3n) is 3.39. The van der Waals surface area contributed by atoms with Crippen LogP contribution in [0.4, 0.5) is 4.39 Å². The van der Waals surface area contributed by atoms with Crippen LogP contribution >= 0.6 is 0 Å². The summed E-state index contributed by atoms with van der Waals surface area (Å²) in [5.41, 5.74) is 1.89. The van der Waals surface area contributed by atoms with Crippen molar-refractivity contribution in [1.29, 1.82) is 0 Å². The molecule has 0 bridgehead atoms. The first-order valence-electron chi connectivity index (χ1n) is 6.26. The molecule has 94 valence electrons. The van der Waals surface area contributed by atoms with Crippen LogP contribution in [0, 0.1) is 11.7 Å². The normalized spacial score (nSPS) is 17.3. The van der Waals surface area contributed by atoms with E-state index in [9.17, 15) is 4.39 Å². The lowest BCUT2D eigenvalue weighted by Crippen LogP contribution is -2.28. The Hall–Kier alpha value is -0.930. The Kier molecular flexibility index (Phi) is 4.51. The second-order valence-electron chi connectivity index (χ2n) is 4.76. The molecule has 1 saturated heterocycles. The number of benzene rings is 1. The Balaban J connectivity index is 2.04. The number of methoxy groups -OCH3 is 1. The van der Waals surface area contributed by atoms with Gasteiger partial charge in [0, 0.05) is 7.11 Å². The van der Waals surface area contributed by atoms with Crippen molar-refractivity contribution in [3.63, 3.8) is 0 Å². The van der Waals surface area contributed by atoms with Gasteiger partial charge in [0.2, 0.25) is 0 Å². The van der Waals surface area contributed by atoms with E-state index in [1.54, 1.807) is 19.2 Å². The van der Waals surface area contributed by atoms with E-state index < -0.39 is 0 Å². The molecule has 1 heterocycles. The first kappa shape index (κ1) is 12.5. The lowest BCUT2D eigenvalue weighted by Gasteiger charge is -2.22. The molecule has 3 heteroatoms. The largest absolute Gasteiger partial charge is 0.380 e. The Morgan fingerprint density at radius 1 is 1.35 bits per heavy atom. The molecule has 0 spiro atoms. The number of piperidine rings is 1. The van der Waals surface area contributed by atoms with Crippen molar-refractivity contribution in [2.45, 2.75) is 25.9 Å². The van der Waals surface area contributed by atoms with Gasteiger partial charge < -0.3 is 10.1 Å². The van der Waals surface area contributed by atoms with E-state index in [1.807, 2.05) is 6.07 Å². The summed E-state index contributed by atoms with van der Waals surface area (Å²) in [4.78, 5) is 0. The van der Waals surface area contributed by atoms with Gasteiger partial charge in [-0.05, 0) is 55.5 Å². The van der Waals surface area contributed by atoms with Gasteiger partial charge in [0.05, 0.1) is 6.61 Å². The summed E-state index contributed by atoms with van der Waals surface area (Å²) in [7, 11) is 1.66. The van der Waals surface area contributed by atoms with Crippen molar-refractivity contribution < 1.29 is 9.13 Å². The Bertz CT molecular complexity index is 361. The predicted molar refractivity (Wildman–Crippen MR) is 66.4 cm³/mol. The molecule has 0 unspecified atom stereocenters. The van der Waals surface area contributed by atoms with Gasteiger partial charge in [-0.2, -0.15) is 0 Å². The Morgan fingerprint density at radius 3 is 2.82 bits per heavy atom. The van der Waals surface area contributed by atoms with Crippen LogP contribution in [0.1, 0.15) is 24.0 Å². The average Bonchev–Trinajstić information content (AvgIpc) is 2.35. The zero-order chi connectivity index (χ0) is 12.1. The number of halogens is 1. The maximum Gasteiger partial charge on any atom is 0.126 e. The van der Waals surface area contributed by atoms with Crippen LogP contribution in [0.5, 0.6) is 0 Å². The van der Waals surface area contributed by atoms with Gasteiger partial charge in [-0.1, -0.05) is 12.1 Å². The lowest BCUT2D eigenvalue weighted by molar-refractivity contribution is 0.184. The van der Waals surface area contributed by atoms with Crippen molar-refractivity contribution in [1.82, 2.24) is 5.32 Å². The molecule has 0 aliphatic carbocycles. The second-order valence-corrected chi connectivity index (χ2v) is 4.76. The van der Waals surface area contributed by atoms with E-state index in [0.717, 1.165) is 43.5 Å². The van der Waals surface area contributed by atoms with Crippen molar-refractivity contribution in [2.75, 3.05) is 20.2 Å². The number of ether oxygens (including phenoxy) is 1. The first-order valence-corrected chi connectivity index (χ1v) is 6.26. The van der Waals surface area contributed by atoms with Gasteiger partial charge in [0.1, 0.15) is 5.82 Å². The number of hydrogen-bond acceptors (Lipinski definition) is 2.